The number of alkyl halides is 2. The van der Waals surface area contributed by atoms with Gasteiger partial charge >= 0.3 is 0 Å². The van der Waals surface area contributed by atoms with E-state index in [4.69, 9.17) is 0 Å². The summed E-state index contributed by atoms with van der Waals surface area (Å²) in [5, 5.41) is 10.0. The first kappa shape index (κ1) is 10.1. The Kier molecular flexibility index (Phi) is 2.44. The Morgan fingerprint density at radius 1 is 1.27 bits per heavy atom. The molecule has 2 aromatic rings. The minimum atomic E-state index is -2.75. The number of aromatic nitrogens is 1. The van der Waals surface area contributed by atoms with E-state index < -0.39 is 12.5 Å². The van der Waals surface area contributed by atoms with E-state index in [9.17, 15) is 13.9 Å². The Bertz CT molecular complexity index is 478. The molecular weight excluding hydrogens is 200 g/mol. The van der Waals surface area contributed by atoms with E-state index >= 15 is 0 Å². The van der Waals surface area contributed by atoms with Crippen LogP contribution in [0.4, 0.5) is 8.78 Å². The molecule has 4 heteroatoms. The molecule has 2 rings (SSSR count). The normalized spacial score (nSPS) is 13.7. The SMILES string of the molecule is Cn1cc(C(O)C(F)F)c2ccccc21. The maximum absolute atomic E-state index is 12.4. The van der Waals surface area contributed by atoms with Crippen LogP contribution in [0.15, 0.2) is 30.5 Å². The third kappa shape index (κ3) is 1.61. The van der Waals surface area contributed by atoms with Crippen LogP contribution in [0.5, 0.6) is 0 Å². The number of fused-ring (bicyclic) bond motifs is 1. The first-order chi connectivity index (χ1) is 7.11. The molecule has 0 radical (unpaired) electrons. The zero-order chi connectivity index (χ0) is 11.0. The van der Waals surface area contributed by atoms with Gasteiger partial charge in [0.2, 0.25) is 0 Å². The lowest BCUT2D eigenvalue weighted by atomic mass is 10.1. The van der Waals surface area contributed by atoms with Crippen LogP contribution >= 0.6 is 0 Å². The number of aliphatic hydroxyl groups excluding tert-OH is 1. The molecule has 15 heavy (non-hydrogen) atoms. The molecule has 0 amide bonds. The van der Waals surface area contributed by atoms with Crippen LogP contribution in [0.3, 0.4) is 0 Å². The molecule has 1 unspecified atom stereocenters. The second-order valence-corrected chi connectivity index (χ2v) is 3.49. The molecule has 80 valence electrons. The number of aliphatic hydroxyl groups is 1. The second-order valence-electron chi connectivity index (χ2n) is 3.49. The lowest BCUT2D eigenvalue weighted by Crippen LogP contribution is -2.07. The van der Waals surface area contributed by atoms with Gasteiger partial charge in [-0.25, -0.2) is 8.78 Å². The molecule has 0 bridgehead atoms. The van der Waals surface area contributed by atoms with Crippen molar-refractivity contribution in [2.75, 3.05) is 0 Å². The number of hydrogen-bond donors (Lipinski definition) is 1. The van der Waals surface area contributed by atoms with Crippen molar-refractivity contribution in [3.63, 3.8) is 0 Å². The van der Waals surface area contributed by atoms with Crippen LogP contribution in [0.1, 0.15) is 11.7 Å². The molecule has 0 saturated carbocycles. The van der Waals surface area contributed by atoms with Gasteiger partial charge in [0.15, 0.2) is 0 Å². The summed E-state index contributed by atoms with van der Waals surface area (Å²) in [6.45, 7) is 0. The average Bonchev–Trinajstić information content (AvgIpc) is 2.56. The molecule has 1 N–H and O–H groups in total. The molecule has 1 aromatic heterocycles. The Morgan fingerprint density at radius 3 is 2.60 bits per heavy atom. The highest BCUT2D eigenvalue weighted by atomic mass is 19.3. The Morgan fingerprint density at radius 2 is 1.93 bits per heavy atom. The number of hydrogen-bond acceptors (Lipinski definition) is 1. The van der Waals surface area contributed by atoms with Gasteiger partial charge in [-0.3, -0.25) is 0 Å². The lowest BCUT2D eigenvalue weighted by Gasteiger charge is -2.07. The number of halogens is 2. The molecule has 0 spiro atoms. The first-order valence-corrected chi connectivity index (χ1v) is 4.61. The van der Waals surface area contributed by atoms with Gasteiger partial charge in [-0.15, -0.1) is 0 Å². The predicted molar refractivity (Wildman–Crippen MR) is 53.9 cm³/mol. The highest BCUT2D eigenvalue weighted by Gasteiger charge is 2.22. The van der Waals surface area contributed by atoms with Gasteiger partial charge in [0.25, 0.3) is 6.43 Å². The zero-order valence-corrected chi connectivity index (χ0v) is 8.19. The molecule has 1 atom stereocenters. The summed E-state index contributed by atoms with van der Waals surface area (Å²) in [5.41, 5.74) is 1.12. The minimum Gasteiger partial charge on any atom is -0.382 e. The van der Waals surface area contributed by atoms with E-state index in [0.29, 0.717) is 5.39 Å². The topological polar surface area (TPSA) is 25.2 Å². The second kappa shape index (κ2) is 3.62. The summed E-state index contributed by atoms with van der Waals surface area (Å²) in [6, 6.07) is 7.16. The van der Waals surface area contributed by atoms with Gasteiger partial charge in [0.05, 0.1) is 0 Å². The van der Waals surface area contributed by atoms with Crippen LogP contribution in [0.2, 0.25) is 0 Å². The molecule has 0 aliphatic heterocycles. The highest BCUT2D eigenvalue weighted by Crippen LogP contribution is 2.29. The minimum absolute atomic E-state index is 0.281. The summed E-state index contributed by atoms with van der Waals surface area (Å²) in [6.07, 6.45) is -2.92. The third-order valence-corrected chi connectivity index (χ3v) is 2.49. The van der Waals surface area contributed by atoms with Gasteiger partial charge in [-0.2, -0.15) is 0 Å². The van der Waals surface area contributed by atoms with E-state index in [1.54, 1.807) is 29.9 Å². The monoisotopic (exact) mass is 211 g/mol. The van der Waals surface area contributed by atoms with Crippen molar-refractivity contribution in [2.45, 2.75) is 12.5 Å². The number of nitrogens with zero attached hydrogens (tertiary/aromatic N) is 1. The summed E-state index contributed by atoms with van der Waals surface area (Å²) < 4.78 is 26.5. The number of benzene rings is 1. The maximum atomic E-state index is 12.4. The van der Waals surface area contributed by atoms with E-state index in [-0.39, 0.29) is 5.56 Å². The molecular formula is C11H11F2NO. The Labute approximate surface area is 85.8 Å². The Hall–Kier alpha value is -1.42. The van der Waals surface area contributed by atoms with E-state index in [0.717, 1.165) is 5.52 Å². The van der Waals surface area contributed by atoms with Gasteiger partial charge in [-0.05, 0) is 6.07 Å². The van der Waals surface area contributed by atoms with Gasteiger partial charge in [0, 0.05) is 29.7 Å². The van der Waals surface area contributed by atoms with E-state index in [2.05, 4.69) is 0 Å². The molecule has 1 heterocycles. The van der Waals surface area contributed by atoms with Gasteiger partial charge in [0.1, 0.15) is 6.10 Å². The zero-order valence-electron chi connectivity index (χ0n) is 8.19. The summed E-state index contributed by atoms with van der Waals surface area (Å²) in [7, 11) is 1.77. The fourth-order valence-electron chi connectivity index (χ4n) is 1.74. The predicted octanol–water partition coefficient (Wildman–Crippen LogP) is 2.48. The van der Waals surface area contributed by atoms with E-state index in [1.165, 1.54) is 0 Å². The van der Waals surface area contributed by atoms with Gasteiger partial charge < -0.3 is 9.67 Å². The van der Waals surface area contributed by atoms with Crippen LogP contribution in [-0.2, 0) is 7.05 Å². The highest BCUT2D eigenvalue weighted by molar-refractivity contribution is 5.84. The van der Waals surface area contributed by atoms with Crippen molar-refractivity contribution < 1.29 is 13.9 Å². The quantitative estimate of drug-likeness (QED) is 0.811. The van der Waals surface area contributed by atoms with Gasteiger partial charge in [-0.1, -0.05) is 18.2 Å². The van der Waals surface area contributed by atoms with Crippen LogP contribution in [0, 0.1) is 0 Å². The van der Waals surface area contributed by atoms with Crippen molar-refractivity contribution >= 4 is 10.9 Å². The van der Waals surface area contributed by atoms with Crippen molar-refractivity contribution in [1.82, 2.24) is 4.57 Å². The van der Waals surface area contributed by atoms with Crippen LogP contribution in [-0.4, -0.2) is 16.1 Å². The molecule has 0 fully saturated rings. The molecule has 1 aromatic carbocycles. The maximum Gasteiger partial charge on any atom is 0.268 e. The summed E-state index contributed by atoms with van der Waals surface area (Å²) in [5.74, 6) is 0. The molecule has 0 aliphatic rings. The largest absolute Gasteiger partial charge is 0.382 e. The number of para-hydroxylation sites is 1. The lowest BCUT2D eigenvalue weighted by molar-refractivity contribution is -0.00502. The number of aryl methyl sites for hydroxylation is 1. The van der Waals surface area contributed by atoms with Crippen molar-refractivity contribution in [3.05, 3.63) is 36.0 Å². The number of rotatable bonds is 2. The molecule has 0 aliphatic carbocycles. The van der Waals surface area contributed by atoms with Crippen molar-refractivity contribution in [3.8, 4) is 0 Å². The van der Waals surface area contributed by atoms with E-state index in [1.807, 2.05) is 12.1 Å². The Balaban J connectivity index is 2.62. The third-order valence-electron chi connectivity index (χ3n) is 2.49. The fraction of sp³-hybridized carbons (Fsp3) is 0.273. The summed E-state index contributed by atoms with van der Waals surface area (Å²) in [4.78, 5) is 0. The van der Waals surface area contributed by atoms with Crippen molar-refractivity contribution in [2.24, 2.45) is 7.05 Å². The molecule has 2 nitrogen and oxygen atoms in total. The molecule has 0 saturated heterocycles. The smallest absolute Gasteiger partial charge is 0.268 e. The van der Waals surface area contributed by atoms with Crippen LogP contribution in [0.25, 0.3) is 10.9 Å². The summed E-state index contributed by atoms with van der Waals surface area (Å²) >= 11 is 0. The van der Waals surface area contributed by atoms with Crippen LogP contribution < -0.4 is 0 Å². The van der Waals surface area contributed by atoms with Crippen molar-refractivity contribution in [1.29, 1.82) is 0 Å². The standard InChI is InChI=1S/C11H11F2NO/c1-14-6-8(10(15)11(12)13)7-4-2-3-5-9(7)14/h2-6,10-11,15H,1H3. The average molecular weight is 211 g/mol. The first-order valence-electron chi connectivity index (χ1n) is 4.61. The fourth-order valence-corrected chi connectivity index (χ4v) is 1.74.